The van der Waals surface area contributed by atoms with E-state index in [0.29, 0.717) is 12.2 Å². The van der Waals surface area contributed by atoms with Gasteiger partial charge >= 0.3 is 0 Å². The zero-order valence-electron chi connectivity index (χ0n) is 10.3. The number of hydrogen-bond acceptors (Lipinski definition) is 4. The van der Waals surface area contributed by atoms with Crippen molar-refractivity contribution in [3.05, 3.63) is 24.3 Å². The Kier molecular flexibility index (Phi) is 4.16. The lowest BCUT2D eigenvalue weighted by Gasteiger charge is -2.21. The fourth-order valence-corrected chi connectivity index (χ4v) is 1.79. The molecule has 0 aromatic heterocycles. The maximum Gasteiger partial charge on any atom is 0.175 e. The third-order valence-corrected chi connectivity index (χ3v) is 3.66. The molecule has 0 aliphatic rings. The molecule has 1 aromatic carbocycles. The van der Waals surface area contributed by atoms with Crippen LogP contribution in [0, 0.1) is 0 Å². The monoisotopic (exact) mass is 258 g/mol. The molecule has 1 aromatic rings. The lowest BCUT2D eigenvalue weighted by Crippen LogP contribution is -2.31. The van der Waals surface area contributed by atoms with E-state index in [4.69, 9.17) is 4.74 Å². The first-order valence-electron chi connectivity index (χ1n) is 5.40. The Balaban J connectivity index is 2.81. The van der Waals surface area contributed by atoms with Crippen molar-refractivity contribution in [2.45, 2.75) is 30.8 Å². The van der Waals surface area contributed by atoms with Crippen molar-refractivity contribution >= 4 is 9.84 Å². The second-order valence-electron chi connectivity index (χ2n) is 4.39. The Morgan fingerprint density at radius 3 is 2.59 bits per heavy atom. The third-order valence-electron chi connectivity index (χ3n) is 2.55. The van der Waals surface area contributed by atoms with E-state index < -0.39 is 15.4 Å². The summed E-state index contributed by atoms with van der Waals surface area (Å²) in [5.41, 5.74) is -0.902. The third kappa shape index (κ3) is 4.36. The van der Waals surface area contributed by atoms with E-state index >= 15 is 0 Å². The van der Waals surface area contributed by atoms with Crippen LogP contribution in [-0.2, 0) is 9.84 Å². The van der Waals surface area contributed by atoms with E-state index in [-0.39, 0.29) is 11.5 Å². The molecule has 1 unspecified atom stereocenters. The van der Waals surface area contributed by atoms with Gasteiger partial charge in [-0.2, -0.15) is 0 Å². The van der Waals surface area contributed by atoms with Crippen LogP contribution in [-0.4, -0.2) is 32.0 Å². The van der Waals surface area contributed by atoms with Gasteiger partial charge in [-0.05, 0) is 31.5 Å². The average Bonchev–Trinajstić information content (AvgIpc) is 2.26. The van der Waals surface area contributed by atoms with Crippen LogP contribution in [0.25, 0.3) is 0 Å². The minimum absolute atomic E-state index is 0.136. The van der Waals surface area contributed by atoms with Gasteiger partial charge in [0.2, 0.25) is 0 Å². The molecule has 0 aliphatic carbocycles. The highest BCUT2D eigenvalue weighted by molar-refractivity contribution is 7.90. The minimum Gasteiger partial charge on any atom is -0.491 e. The van der Waals surface area contributed by atoms with Gasteiger partial charge in [-0.25, -0.2) is 8.42 Å². The van der Waals surface area contributed by atoms with E-state index in [0.717, 1.165) is 6.26 Å². The molecule has 0 heterocycles. The van der Waals surface area contributed by atoms with Gasteiger partial charge in [0.1, 0.15) is 12.4 Å². The second-order valence-corrected chi connectivity index (χ2v) is 6.40. The molecule has 0 saturated heterocycles. The molecular weight excluding hydrogens is 240 g/mol. The summed E-state index contributed by atoms with van der Waals surface area (Å²) in [5, 5.41) is 9.77. The quantitative estimate of drug-likeness (QED) is 0.872. The summed E-state index contributed by atoms with van der Waals surface area (Å²) < 4.78 is 28.1. The maximum atomic E-state index is 11.3. The maximum absolute atomic E-state index is 11.3. The topological polar surface area (TPSA) is 63.6 Å². The normalized spacial score (nSPS) is 15.3. The van der Waals surface area contributed by atoms with Crippen molar-refractivity contribution in [3.8, 4) is 5.75 Å². The standard InChI is InChI=1S/C12H18O4S/c1-4-12(2,13)9-16-10-6-5-7-11(8-10)17(3,14)15/h5-8,13H,4,9H2,1-3H3. The van der Waals surface area contributed by atoms with E-state index in [1.165, 1.54) is 12.1 Å². The highest BCUT2D eigenvalue weighted by atomic mass is 32.2. The summed E-state index contributed by atoms with van der Waals surface area (Å²) in [4.78, 5) is 0.214. The van der Waals surface area contributed by atoms with Crippen LogP contribution in [0.3, 0.4) is 0 Å². The van der Waals surface area contributed by atoms with Gasteiger partial charge in [0.05, 0.1) is 10.5 Å². The first kappa shape index (κ1) is 14.0. The summed E-state index contributed by atoms with van der Waals surface area (Å²) in [6, 6.07) is 6.26. The fraction of sp³-hybridized carbons (Fsp3) is 0.500. The van der Waals surface area contributed by atoms with Crippen molar-refractivity contribution in [3.63, 3.8) is 0 Å². The van der Waals surface area contributed by atoms with Gasteiger partial charge in [0.25, 0.3) is 0 Å². The molecule has 1 N–H and O–H groups in total. The van der Waals surface area contributed by atoms with Crippen molar-refractivity contribution < 1.29 is 18.3 Å². The minimum atomic E-state index is -3.23. The van der Waals surface area contributed by atoms with Gasteiger partial charge < -0.3 is 9.84 Å². The Bertz CT molecular complexity index is 477. The molecule has 0 spiro atoms. The van der Waals surface area contributed by atoms with Crippen LogP contribution < -0.4 is 4.74 Å². The molecule has 5 heteroatoms. The van der Waals surface area contributed by atoms with Gasteiger partial charge in [-0.1, -0.05) is 13.0 Å². The van der Waals surface area contributed by atoms with Crippen molar-refractivity contribution in [1.82, 2.24) is 0 Å². The molecule has 0 aliphatic heterocycles. The number of aliphatic hydroxyl groups is 1. The molecule has 17 heavy (non-hydrogen) atoms. The molecule has 1 rings (SSSR count). The first-order chi connectivity index (χ1) is 7.74. The molecule has 0 bridgehead atoms. The zero-order valence-corrected chi connectivity index (χ0v) is 11.1. The van der Waals surface area contributed by atoms with E-state index in [1.54, 1.807) is 19.1 Å². The van der Waals surface area contributed by atoms with E-state index in [2.05, 4.69) is 0 Å². The lowest BCUT2D eigenvalue weighted by molar-refractivity contribution is 0.00840. The van der Waals surface area contributed by atoms with Crippen molar-refractivity contribution in [2.75, 3.05) is 12.9 Å². The van der Waals surface area contributed by atoms with Crippen molar-refractivity contribution in [2.24, 2.45) is 0 Å². The number of hydrogen-bond donors (Lipinski definition) is 1. The van der Waals surface area contributed by atoms with E-state index in [1.807, 2.05) is 6.92 Å². The summed E-state index contributed by atoms with van der Waals surface area (Å²) in [5.74, 6) is 0.446. The van der Waals surface area contributed by atoms with Crippen LogP contribution in [0.15, 0.2) is 29.2 Å². The summed E-state index contributed by atoms with van der Waals surface area (Å²) in [6.45, 7) is 3.67. The number of sulfone groups is 1. The SMILES string of the molecule is CCC(C)(O)COc1cccc(S(C)(=O)=O)c1. The number of ether oxygens (including phenoxy) is 1. The Morgan fingerprint density at radius 2 is 2.06 bits per heavy atom. The fourth-order valence-electron chi connectivity index (χ4n) is 1.14. The predicted molar refractivity (Wildman–Crippen MR) is 66.0 cm³/mol. The van der Waals surface area contributed by atoms with Gasteiger partial charge in [0, 0.05) is 6.26 Å². The smallest absolute Gasteiger partial charge is 0.175 e. The molecule has 4 nitrogen and oxygen atoms in total. The molecule has 1 atom stereocenters. The van der Waals surface area contributed by atoms with Crippen LogP contribution in [0.1, 0.15) is 20.3 Å². The predicted octanol–water partition coefficient (Wildman–Crippen LogP) is 1.63. The number of benzene rings is 1. The summed E-state index contributed by atoms with van der Waals surface area (Å²) >= 11 is 0. The first-order valence-corrected chi connectivity index (χ1v) is 7.29. The largest absolute Gasteiger partial charge is 0.491 e. The second kappa shape index (κ2) is 5.06. The van der Waals surface area contributed by atoms with Crippen LogP contribution in [0.2, 0.25) is 0 Å². The molecule has 96 valence electrons. The molecule has 0 amide bonds. The molecule has 0 fully saturated rings. The van der Waals surface area contributed by atoms with Crippen LogP contribution >= 0.6 is 0 Å². The van der Waals surface area contributed by atoms with Crippen molar-refractivity contribution in [1.29, 1.82) is 0 Å². The number of rotatable bonds is 5. The summed E-state index contributed by atoms with van der Waals surface area (Å²) in [7, 11) is -3.23. The van der Waals surface area contributed by atoms with Gasteiger partial charge in [-0.3, -0.25) is 0 Å². The highest BCUT2D eigenvalue weighted by Gasteiger charge is 2.18. The Hall–Kier alpha value is -1.07. The Morgan fingerprint density at radius 1 is 1.41 bits per heavy atom. The molecular formula is C12H18O4S. The Labute approximate surface area is 102 Å². The van der Waals surface area contributed by atoms with E-state index in [9.17, 15) is 13.5 Å². The van der Waals surface area contributed by atoms with Gasteiger partial charge in [-0.15, -0.1) is 0 Å². The lowest BCUT2D eigenvalue weighted by atomic mass is 10.1. The highest BCUT2D eigenvalue weighted by Crippen LogP contribution is 2.19. The average molecular weight is 258 g/mol. The molecule has 0 saturated carbocycles. The summed E-state index contributed by atoms with van der Waals surface area (Å²) in [6.07, 6.45) is 1.72. The van der Waals surface area contributed by atoms with Gasteiger partial charge in [0.15, 0.2) is 9.84 Å². The van der Waals surface area contributed by atoms with Crippen LogP contribution in [0.4, 0.5) is 0 Å². The molecule has 0 radical (unpaired) electrons. The zero-order chi connectivity index (χ0) is 13.1. The van der Waals surface area contributed by atoms with Crippen LogP contribution in [0.5, 0.6) is 5.75 Å².